The highest BCUT2D eigenvalue weighted by molar-refractivity contribution is 8.00. The minimum Gasteiger partial charge on any atom is -0.389 e. The van der Waals surface area contributed by atoms with E-state index in [0.29, 0.717) is 6.04 Å². The molecule has 0 aliphatic heterocycles. The van der Waals surface area contributed by atoms with E-state index in [4.69, 9.17) is 0 Å². The van der Waals surface area contributed by atoms with Crippen LogP contribution in [0, 0.1) is 0 Å². The Balaban J connectivity index is 1.84. The van der Waals surface area contributed by atoms with E-state index in [1.165, 1.54) is 19.3 Å². The van der Waals surface area contributed by atoms with Crippen molar-refractivity contribution in [3.05, 3.63) is 29.8 Å². The average Bonchev–Trinajstić information content (AvgIpc) is 2.48. The van der Waals surface area contributed by atoms with Gasteiger partial charge in [-0.15, -0.1) is 11.8 Å². The minimum atomic E-state index is -0.448. The number of aliphatic hydroxyl groups excluding tert-OH is 1. The zero-order valence-electron chi connectivity index (χ0n) is 12.8. The fourth-order valence-electron chi connectivity index (χ4n) is 2.65. The number of amides is 1. The molecular formula is C17H25NO2S. The molecule has 1 saturated carbocycles. The van der Waals surface area contributed by atoms with Crippen molar-refractivity contribution in [1.29, 1.82) is 0 Å². The smallest absolute Gasteiger partial charge is 0.233 e. The molecule has 2 unspecified atom stereocenters. The summed E-state index contributed by atoms with van der Waals surface area (Å²) < 4.78 is 0. The van der Waals surface area contributed by atoms with Gasteiger partial charge in [0.05, 0.1) is 11.4 Å². The average molecular weight is 307 g/mol. The fraction of sp³-hybridized carbons (Fsp3) is 0.588. The normalized spacial score (nSPS) is 19.0. The standard InChI is InChI=1S/C17H25NO2S/c1-12(19)14-8-10-16(11-9-14)21-13(2)17(20)18-15-6-4-3-5-7-15/h8-13,15,19H,3-7H2,1-2H3,(H,18,20). The zero-order valence-corrected chi connectivity index (χ0v) is 13.7. The van der Waals surface area contributed by atoms with Gasteiger partial charge in [0, 0.05) is 10.9 Å². The van der Waals surface area contributed by atoms with Crippen LogP contribution in [0.4, 0.5) is 0 Å². The first-order valence-corrected chi connectivity index (χ1v) is 8.69. The summed E-state index contributed by atoms with van der Waals surface area (Å²) in [7, 11) is 0. The molecule has 0 saturated heterocycles. The number of thioether (sulfide) groups is 1. The fourth-order valence-corrected chi connectivity index (χ4v) is 3.52. The lowest BCUT2D eigenvalue weighted by atomic mass is 9.95. The zero-order chi connectivity index (χ0) is 15.2. The van der Waals surface area contributed by atoms with Crippen molar-refractivity contribution < 1.29 is 9.90 Å². The molecule has 1 aromatic rings. The van der Waals surface area contributed by atoms with Gasteiger partial charge in [-0.25, -0.2) is 0 Å². The first-order valence-electron chi connectivity index (χ1n) is 7.81. The van der Waals surface area contributed by atoms with E-state index in [1.807, 2.05) is 31.2 Å². The first kappa shape index (κ1) is 16.4. The van der Waals surface area contributed by atoms with Crippen LogP contribution in [0.2, 0.25) is 0 Å². The maximum Gasteiger partial charge on any atom is 0.233 e. The van der Waals surface area contributed by atoms with Gasteiger partial charge in [-0.3, -0.25) is 4.79 Å². The number of hydrogen-bond donors (Lipinski definition) is 2. The largest absolute Gasteiger partial charge is 0.389 e. The maximum atomic E-state index is 12.2. The second-order valence-electron chi connectivity index (χ2n) is 5.85. The van der Waals surface area contributed by atoms with Crippen molar-refractivity contribution in [3.8, 4) is 0 Å². The summed E-state index contributed by atoms with van der Waals surface area (Å²) in [6, 6.07) is 8.14. The Bertz CT molecular complexity index is 452. The molecule has 0 spiro atoms. The topological polar surface area (TPSA) is 49.3 Å². The van der Waals surface area contributed by atoms with Gasteiger partial charge in [-0.1, -0.05) is 31.4 Å². The Kier molecular flexibility index (Phi) is 6.12. The molecule has 116 valence electrons. The number of carbonyl (C=O) groups excluding carboxylic acids is 1. The van der Waals surface area contributed by atoms with Crippen molar-refractivity contribution >= 4 is 17.7 Å². The molecular weight excluding hydrogens is 282 g/mol. The molecule has 1 aliphatic rings. The highest BCUT2D eigenvalue weighted by Crippen LogP contribution is 2.26. The third kappa shape index (κ3) is 5.04. The molecule has 21 heavy (non-hydrogen) atoms. The van der Waals surface area contributed by atoms with Gasteiger partial charge < -0.3 is 10.4 Å². The van der Waals surface area contributed by atoms with Crippen LogP contribution in [0.1, 0.15) is 57.6 Å². The van der Waals surface area contributed by atoms with E-state index in [1.54, 1.807) is 18.7 Å². The number of carbonyl (C=O) groups is 1. The molecule has 0 aromatic heterocycles. The molecule has 1 fully saturated rings. The summed E-state index contributed by atoms with van der Waals surface area (Å²) in [5.74, 6) is 0.131. The number of benzene rings is 1. The predicted octanol–water partition coefficient (Wildman–Crippen LogP) is 3.67. The molecule has 0 heterocycles. The van der Waals surface area contributed by atoms with E-state index in [-0.39, 0.29) is 11.2 Å². The van der Waals surface area contributed by atoms with Crippen LogP contribution in [0.15, 0.2) is 29.2 Å². The van der Waals surface area contributed by atoms with Crippen LogP contribution in [0.3, 0.4) is 0 Å². The molecule has 3 nitrogen and oxygen atoms in total. The summed E-state index contributed by atoms with van der Waals surface area (Å²) in [5.41, 5.74) is 0.902. The SMILES string of the molecule is CC(Sc1ccc(C(C)O)cc1)C(=O)NC1CCCCC1. The van der Waals surface area contributed by atoms with E-state index < -0.39 is 6.10 Å². The van der Waals surface area contributed by atoms with Crippen molar-refractivity contribution in [1.82, 2.24) is 5.32 Å². The Morgan fingerprint density at radius 3 is 2.38 bits per heavy atom. The van der Waals surface area contributed by atoms with Crippen LogP contribution in [-0.4, -0.2) is 22.3 Å². The van der Waals surface area contributed by atoms with E-state index in [9.17, 15) is 9.90 Å². The summed E-state index contributed by atoms with van der Waals surface area (Å²) in [5, 5.41) is 12.6. The van der Waals surface area contributed by atoms with Crippen LogP contribution in [0.5, 0.6) is 0 Å². The maximum absolute atomic E-state index is 12.2. The Hall–Kier alpha value is -1.00. The Morgan fingerprint density at radius 1 is 1.19 bits per heavy atom. The number of rotatable bonds is 5. The van der Waals surface area contributed by atoms with Crippen LogP contribution < -0.4 is 5.32 Å². The molecule has 1 amide bonds. The van der Waals surface area contributed by atoms with Crippen molar-refractivity contribution in [3.63, 3.8) is 0 Å². The van der Waals surface area contributed by atoms with Crippen LogP contribution in [0.25, 0.3) is 0 Å². The third-order valence-corrected chi connectivity index (χ3v) is 5.11. The number of nitrogens with one attached hydrogen (secondary N) is 1. The monoisotopic (exact) mass is 307 g/mol. The van der Waals surface area contributed by atoms with Gasteiger partial charge in [0.15, 0.2) is 0 Å². The predicted molar refractivity (Wildman–Crippen MR) is 87.4 cm³/mol. The lowest BCUT2D eigenvalue weighted by Gasteiger charge is -2.24. The van der Waals surface area contributed by atoms with Gasteiger partial charge in [0.25, 0.3) is 0 Å². The van der Waals surface area contributed by atoms with Crippen LogP contribution >= 0.6 is 11.8 Å². The molecule has 1 aromatic carbocycles. The summed E-state index contributed by atoms with van der Waals surface area (Å²) >= 11 is 1.57. The number of hydrogen-bond acceptors (Lipinski definition) is 3. The Morgan fingerprint density at radius 2 is 1.81 bits per heavy atom. The van der Waals surface area contributed by atoms with E-state index >= 15 is 0 Å². The Labute approximate surface area is 131 Å². The third-order valence-electron chi connectivity index (χ3n) is 4.00. The lowest BCUT2D eigenvalue weighted by Crippen LogP contribution is -2.40. The minimum absolute atomic E-state index is 0.0932. The van der Waals surface area contributed by atoms with Gasteiger partial charge in [-0.2, -0.15) is 0 Å². The molecule has 4 heteroatoms. The van der Waals surface area contributed by atoms with Gasteiger partial charge in [-0.05, 0) is 44.4 Å². The molecule has 2 rings (SSSR count). The van der Waals surface area contributed by atoms with Crippen molar-refractivity contribution in [2.24, 2.45) is 0 Å². The molecule has 2 atom stereocenters. The van der Waals surface area contributed by atoms with E-state index in [0.717, 1.165) is 23.3 Å². The summed E-state index contributed by atoms with van der Waals surface area (Å²) in [6.45, 7) is 3.70. The second-order valence-corrected chi connectivity index (χ2v) is 7.26. The first-order chi connectivity index (χ1) is 10.1. The van der Waals surface area contributed by atoms with Gasteiger partial charge in [0.2, 0.25) is 5.91 Å². The molecule has 0 radical (unpaired) electrons. The highest BCUT2D eigenvalue weighted by Gasteiger charge is 2.20. The number of aliphatic hydroxyl groups is 1. The quantitative estimate of drug-likeness (QED) is 0.816. The van der Waals surface area contributed by atoms with Crippen molar-refractivity contribution in [2.75, 3.05) is 0 Å². The summed E-state index contributed by atoms with van der Waals surface area (Å²) in [4.78, 5) is 13.3. The van der Waals surface area contributed by atoms with Crippen LogP contribution in [-0.2, 0) is 4.79 Å². The van der Waals surface area contributed by atoms with Gasteiger partial charge in [0.1, 0.15) is 0 Å². The van der Waals surface area contributed by atoms with Gasteiger partial charge >= 0.3 is 0 Å². The molecule has 1 aliphatic carbocycles. The lowest BCUT2D eigenvalue weighted by molar-refractivity contribution is -0.121. The van der Waals surface area contributed by atoms with E-state index in [2.05, 4.69) is 5.32 Å². The highest BCUT2D eigenvalue weighted by atomic mass is 32.2. The molecule has 0 bridgehead atoms. The van der Waals surface area contributed by atoms with Crippen molar-refractivity contribution in [2.45, 2.75) is 68.2 Å². The second kappa shape index (κ2) is 7.85. The molecule has 2 N–H and O–H groups in total. The summed E-state index contributed by atoms with van der Waals surface area (Å²) in [6.07, 6.45) is 5.54.